The summed E-state index contributed by atoms with van der Waals surface area (Å²) >= 11 is 0. The van der Waals surface area contributed by atoms with Crippen LogP contribution in [0.25, 0.3) is 11.1 Å². The number of carbonyl (C=O) groups excluding carboxylic acids is 1. The van der Waals surface area contributed by atoms with Crippen molar-refractivity contribution < 1.29 is 9.90 Å². The van der Waals surface area contributed by atoms with Crippen molar-refractivity contribution in [3.63, 3.8) is 0 Å². The Kier molecular flexibility index (Phi) is 4.72. The fraction of sp³-hybridized carbons (Fsp3) is 0.444. The highest BCUT2D eigenvalue weighted by molar-refractivity contribution is 6.34. The van der Waals surface area contributed by atoms with E-state index in [1.165, 1.54) is 0 Å². The summed E-state index contributed by atoms with van der Waals surface area (Å²) in [4.78, 5) is 16.4. The number of hydrogen-bond donors (Lipinski definition) is 1. The van der Waals surface area contributed by atoms with E-state index in [9.17, 15) is 9.90 Å². The first-order valence-corrected chi connectivity index (χ1v) is 11.3. The molecule has 0 heterocycles. The van der Waals surface area contributed by atoms with Crippen LogP contribution in [0.4, 0.5) is 0 Å². The van der Waals surface area contributed by atoms with E-state index in [1.807, 2.05) is 48.5 Å². The van der Waals surface area contributed by atoms with Crippen LogP contribution < -0.4 is 0 Å². The third-order valence-electron chi connectivity index (χ3n) is 7.99. The second kappa shape index (κ2) is 7.18. The van der Waals surface area contributed by atoms with Crippen LogP contribution in [-0.4, -0.2) is 41.0 Å². The number of carbonyl (C=O) groups is 1. The predicted molar refractivity (Wildman–Crippen MR) is 121 cm³/mol. The molecule has 156 valence electrons. The second-order valence-corrected chi connectivity index (χ2v) is 9.59. The molecule has 2 aromatic carbocycles. The second-order valence-electron chi connectivity index (χ2n) is 9.59. The summed E-state index contributed by atoms with van der Waals surface area (Å²) in [6.07, 6.45) is 5.88. The van der Waals surface area contributed by atoms with Gasteiger partial charge in [-0.25, -0.2) is 0 Å². The molecule has 0 aromatic heterocycles. The van der Waals surface area contributed by atoms with Gasteiger partial charge in [-0.05, 0) is 56.0 Å². The molecular weight excluding hydrogens is 370 g/mol. The van der Waals surface area contributed by atoms with Crippen molar-refractivity contribution in [3.05, 3.63) is 71.8 Å². The molecule has 0 unspecified atom stereocenters. The van der Waals surface area contributed by atoms with E-state index >= 15 is 0 Å². The zero-order chi connectivity index (χ0) is 20.9. The number of fused-ring (bicyclic) bond motifs is 3. The summed E-state index contributed by atoms with van der Waals surface area (Å²) in [5, 5.41) is 12.1. The molecule has 4 atom stereocenters. The van der Waals surface area contributed by atoms with Gasteiger partial charge in [0.2, 0.25) is 0 Å². The van der Waals surface area contributed by atoms with E-state index in [0.29, 0.717) is 0 Å². The lowest BCUT2D eigenvalue weighted by molar-refractivity contribution is -0.130. The van der Waals surface area contributed by atoms with Gasteiger partial charge in [0.1, 0.15) is 0 Å². The Labute approximate surface area is 179 Å². The van der Waals surface area contributed by atoms with Crippen molar-refractivity contribution in [3.8, 4) is 0 Å². The largest absolute Gasteiger partial charge is 0.389 e. The Balaban J connectivity index is 1.80. The average molecular weight is 402 g/mol. The first-order valence-electron chi connectivity index (χ1n) is 11.3. The molecule has 0 radical (unpaired) electrons. The highest BCUT2D eigenvalue weighted by Crippen LogP contribution is 2.64. The predicted octanol–water partition coefficient (Wildman–Crippen LogP) is 4.81. The Bertz CT molecular complexity index is 980. The van der Waals surface area contributed by atoms with Crippen LogP contribution in [0.1, 0.15) is 49.7 Å². The van der Waals surface area contributed by atoms with E-state index < -0.39 is 17.1 Å². The van der Waals surface area contributed by atoms with Crippen LogP contribution in [0.2, 0.25) is 0 Å². The summed E-state index contributed by atoms with van der Waals surface area (Å²) in [5.41, 5.74) is 2.58. The van der Waals surface area contributed by atoms with E-state index in [4.69, 9.17) is 0 Å². The summed E-state index contributed by atoms with van der Waals surface area (Å²) < 4.78 is 0. The third kappa shape index (κ3) is 2.61. The van der Waals surface area contributed by atoms with E-state index in [0.717, 1.165) is 60.8 Å². The van der Waals surface area contributed by atoms with Crippen molar-refractivity contribution in [2.45, 2.75) is 49.7 Å². The van der Waals surface area contributed by atoms with Crippen LogP contribution in [0.3, 0.4) is 0 Å². The van der Waals surface area contributed by atoms with Crippen molar-refractivity contribution in [2.75, 3.05) is 14.1 Å². The molecule has 0 saturated heterocycles. The summed E-state index contributed by atoms with van der Waals surface area (Å²) in [6.45, 7) is 0. The van der Waals surface area contributed by atoms with Crippen LogP contribution in [-0.2, 0) is 4.79 Å². The van der Waals surface area contributed by atoms with Gasteiger partial charge < -0.3 is 5.11 Å². The molecule has 2 fully saturated rings. The minimum atomic E-state index is -0.922. The quantitative estimate of drug-likeness (QED) is 0.802. The standard InChI is InChI=1S/C27H31NO2/c1-28(2)26-18-21-16-10-5-11-17-27(21,30)25(26)24(29)22(19-12-6-3-7-13-19)23(26)20-14-8-4-9-15-20/h3-4,6-9,12-15,21,25,30H,5,10-11,16-18H2,1-2H3/t21-,25-,26-,27+/m1/s1. The topological polar surface area (TPSA) is 40.5 Å². The van der Waals surface area contributed by atoms with Crippen LogP contribution in [0, 0.1) is 11.8 Å². The third-order valence-corrected chi connectivity index (χ3v) is 7.99. The van der Waals surface area contributed by atoms with Crippen LogP contribution in [0.5, 0.6) is 0 Å². The van der Waals surface area contributed by atoms with Gasteiger partial charge in [-0.1, -0.05) is 79.9 Å². The molecule has 0 amide bonds. The average Bonchev–Trinajstić information content (AvgIpc) is 3.09. The van der Waals surface area contributed by atoms with E-state index in [1.54, 1.807) is 0 Å². The van der Waals surface area contributed by atoms with Crippen LogP contribution in [0.15, 0.2) is 60.7 Å². The molecule has 5 rings (SSSR count). The smallest absolute Gasteiger partial charge is 0.172 e. The number of rotatable bonds is 3. The van der Waals surface area contributed by atoms with Crippen LogP contribution >= 0.6 is 0 Å². The Morgan fingerprint density at radius 3 is 2.17 bits per heavy atom. The zero-order valence-corrected chi connectivity index (χ0v) is 18.0. The fourth-order valence-electron chi connectivity index (χ4n) is 6.72. The summed E-state index contributed by atoms with van der Waals surface area (Å²) in [7, 11) is 4.18. The fourth-order valence-corrected chi connectivity index (χ4v) is 6.72. The number of likely N-dealkylation sites (N-methyl/N-ethyl adjacent to an activating group) is 1. The van der Waals surface area contributed by atoms with Gasteiger partial charge in [0.25, 0.3) is 0 Å². The monoisotopic (exact) mass is 401 g/mol. The minimum absolute atomic E-state index is 0.126. The molecule has 3 heteroatoms. The molecular formula is C27H31NO2. The molecule has 3 aliphatic rings. The Hall–Kier alpha value is -2.23. The van der Waals surface area contributed by atoms with Gasteiger partial charge in [0.05, 0.1) is 17.1 Å². The molecule has 1 N–H and O–H groups in total. The number of benzene rings is 2. The maximum Gasteiger partial charge on any atom is 0.172 e. The highest BCUT2D eigenvalue weighted by atomic mass is 16.3. The molecule has 30 heavy (non-hydrogen) atoms. The molecule has 0 spiro atoms. The summed E-state index contributed by atoms with van der Waals surface area (Å²) in [6, 6.07) is 20.4. The molecule has 3 aliphatic carbocycles. The van der Waals surface area contributed by atoms with E-state index in [2.05, 4.69) is 31.1 Å². The number of allylic oxidation sites excluding steroid dienone is 1. The molecule has 0 aliphatic heterocycles. The maximum atomic E-state index is 14.2. The van der Waals surface area contributed by atoms with Gasteiger partial charge in [-0.15, -0.1) is 0 Å². The SMILES string of the molecule is CN(C)[C@@]12C[C@H]3CCCCC[C@@]3(O)[C@@H]1C(=O)C(c1ccccc1)=C2c1ccccc1. The van der Waals surface area contributed by atoms with Crippen molar-refractivity contribution >= 4 is 16.9 Å². The number of hydrogen-bond acceptors (Lipinski definition) is 3. The first kappa shape index (κ1) is 19.7. The number of ketones is 1. The van der Waals surface area contributed by atoms with Gasteiger partial charge >= 0.3 is 0 Å². The van der Waals surface area contributed by atoms with E-state index in [-0.39, 0.29) is 11.7 Å². The lowest BCUT2D eigenvalue weighted by atomic mass is 9.74. The number of Topliss-reactive ketones (excluding diaryl/α,β-unsaturated/α-hetero) is 1. The van der Waals surface area contributed by atoms with Crippen molar-refractivity contribution in [2.24, 2.45) is 11.8 Å². The summed E-state index contributed by atoms with van der Waals surface area (Å²) in [5.74, 6) is -0.110. The normalized spacial score (nSPS) is 33.5. The Morgan fingerprint density at radius 2 is 1.53 bits per heavy atom. The minimum Gasteiger partial charge on any atom is -0.389 e. The maximum absolute atomic E-state index is 14.2. The molecule has 2 saturated carbocycles. The van der Waals surface area contributed by atoms with Gasteiger partial charge in [0.15, 0.2) is 5.78 Å². The molecule has 2 aromatic rings. The zero-order valence-electron chi connectivity index (χ0n) is 18.0. The van der Waals surface area contributed by atoms with Crippen molar-refractivity contribution in [1.82, 2.24) is 4.90 Å². The van der Waals surface area contributed by atoms with Crippen molar-refractivity contribution in [1.29, 1.82) is 0 Å². The lowest BCUT2D eigenvalue weighted by Crippen LogP contribution is -2.53. The Morgan fingerprint density at radius 1 is 0.900 bits per heavy atom. The van der Waals surface area contributed by atoms with Gasteiger partial charge in [-0.3, -0.25) is 9.69 Å². The number of aliphatic hydroxyl groups is 1. The van der Waals surface area contributed by atoms with Gasteiger partial charge in [-0.2, -0.15) is 0 Å². The number of nitrogens with zero attached hydrogens (tertiary/aromatic N) is 1. The molecule has 0 bridgehead atoms. The lowest BCUT2D eigenvalue weighted by Gasteiger charge is -2.42. The first-order chi connectivity index (χ1) is 14.5. The molecule has 3 nitrogen and oxygen atoms in total. The highest BCUT2D eigenvalue weighted by Gasteiger charge is 2.70. The van der Waals surface area contributed by atoms with Gasteiger partial charge in [0, 0.05) is 5.57 Å².